The molecule has 2 aromatic carbocycles. The molecule has 0 radical (unpaired) electrons. The molecule has 0 aliphatic rings. The molecule has 0 aliphatic carbocycles. The maximum absolute atomic E-state index is 9.23. The molecule has 1 unspecified atom stereocenters. The van der Waals surface area contributed by atoms with Crippen LogP contribution in [0.15, 0.2) is 66.9 Å². The van der Waals surface area contributed by atoms with Crippen molar-refractivity contribution in [1.29, 1.82) is 5.26 Å². The van der Waals surface area contributed by atoms with E-state index in [2.05, 4.69) is 23.3 Å². The Labute approximate surface area is 124 Å². The number of hydrogen-bond acceptors (Lipinski definition) is 2. The van der Waals surface area contributed by atoms with Crippen LogP contribution >= 0.6 is 0 Å². The molecule has 0 N–H and O–H groups in total. The summed E-state index contributed by atoms with van der Waals surface area (Å²) in [6.07, 6.45) is 1.84. The van der Waals surface area contributed by atoms with Gasteiger partial charge in [0.25, 0.3) is 0 Å². The van der Waals surface area contributed by atoms with Gasteiger partial charge in [0.2, 0.25) is 0 Å². The van der Waals surface area contributed by atoms with Gasteiger partial charge < -0.3 is 0 Å². The molecule has 1 atom stereocenters. The molecule has 3 nitrogen and oxygen atoms in total. The average Bonchev–Trinajstić information content (AvgIpc) is 3.00. The van der Waals surface area contributed by atoms with Crippen LogP contribution in [0.1, 0.15) is 13.0 Å². The zero-order valence-electron chi connectivity index (χ0n) is 11.8. The number of nitrogens with zero attached hydrogens (tertiary/aromatic N) is 3. The molecule has 0 amide bonds. The lowest BCUT2D eigenvalue weighted by molar-refractivity contribution is 0.598. The zero-order valence-corrected chi connectivity index (χ0v) is 11.8. The average molecular weight is 273 g/mol. The van der Waals surface area contributed by atoms with E-state index in [1.165, 1.54) is 0 Å². The van der Waals surface area contributed by atoms with Crippen LogP contribution in [0.2, 0.25) is 0 Å². The summed E-state index contributed by atoms with van der Waals surface area (Å²) in [5.74, 6) is 0. The minimum Gasteiger partial charge on any atom is -0.247 e. The maximum atomic E-state index is 9.23. The Bertz CT molecular complexity index is 767. The van der Waals surface area contributed by atoms with E-state index in [1.807, 2.05) is 61.7 Å². The van der Waals surface area contributed by atoms with Crippen molar-refractivity contribution < 1.29 is 0 Å². The highest BCUT2D eigenvalue weighted by atomic mass is 15.3. The standard InChI is InChI=1S/C18H15N3/c1-14(12-19)21-18(16-10-6-3-7-11-16)17(13-20-21)15-8-4-2-5-9-15/h2-11,13-14H,1H3. The monoisotopic (exact) mass is 273 g/mol. The van der Waals surface area contributed by atoms with E-state index in [-0.39, 0.29) is 6.04 Å². The predicted molar refractivity (Wildman–Crippen MR) is 83.4 cm³/mol. The summed E-state index contributed by atoms with van der Waals surface area (Å²) >= 11 is 0. The van der Waals surface area contributed by atoms with E-state index >= 15 is 0 Å². The quantitative estimate of drug-likeness (QED) is 0.714. The van der Waals surface area contributed by atoms with Crippen LogP contribution in [0.5, 0.6) is 0 Å². The van der Waals surface area contributed by atoms with Gasteiger partial charge >= 0.3 is 0 Å². The highest BCUT2D eigenvalue weighted by Crippen LogP contribution is 2.33. The Morgan fingerprint density at radius 1 is 0.952 bits per heavy atom. The van der Waals surface area contributed by atoms with Crippen LogP contribution in [0.3, 0.4) is 0 Å². The summed E-state index contributed by atoms with van der Waals surface area (Å²) in [6, 6.07) is 22.2. The molecule has 0 spiro atoms. The van der Waals surface area contributed by atoms with Crippen LogP contribution in [0.4, 0.5) is 0 Å². The Hall–Kier alpha value is -2.86. The third-order valence-corrected chi connectivity index (χ3v) is 3.48. The SMILES string of the molecule is CC(C#N)n1ncc(-c2ccccc2)c1-c1ccccc1. The summed E-state index contributed by atoms with van der Waals surface area (Å²) in [6.45, 7) is 1.86. The minimum absolute atomic E-state index is 0.308. The Morgan fingerprint density at radius 3 is 2.10 bits per heavy atom. The van der Waals surface area contributed by atoms with Crippen molar-refractivity contribution >= 4 is 0 Å². The molecule has 1 heterocycles. The predicted octanol–water partition coefficient (Wildman–Crippen LogP) is 4.30. The minimum atomic E-state index is -0.308. The normalized spacial score (nSPS) is 11.8. The van der Waals surface area contributed by atoms with E-state index in [0.29, 0.717) is 0 Å². The van der Waals surface area contributed by atoms with E-state index in [0.717, 1.165) is 22.4 Å². The molecule has 3 rings (SSSR count). The van der Waals surface area contributed by atoms with Crippen molar-refractivity contribution in [2.24, 2.45) is 0 Å². The van der Waals surface area contributed by atoms with Crippen molar-refractivity contribution in [2.75, 3.05) is 0 Å². The third-order valence-electron chi connectivity index (χ3n) is 3.48. The van der Waals surface area contributed by atoms with Gasteiger partial charge in [0.1, 0.15) is 6.04 Å². The lowest BCUT2D eigenvalue weighted by atomic mass is 10.0. The second-order valence-corrected chi connectivity index (χ2v) is 4.89. The van der Waals surface area contributed by atoms with Crippen molar-refractivity contribution in [3.63, 3.8) is 0 Å². The van der Waals surface area contributed by atoms with Crippen molar-refractivity contribution in [3.8, 4) is 28.5 Å². The van der Waals surface area contributed by atoms with Gasteiger partial charge in [-0.25, -0.2) is 4.68 Å². The smallest absolute Gasteiger partial charge is 0.136 e. The summed E-state index contributed by atoms with van der Waals surface area (Å²) in [7, 11) is 0. The van der Waals surface area contributed by atoms with Gasteiger partial charge in [-0.15, -0.1) is 0 Å². The number of hydrogen-bond donors (Lipinski definition) is 0. The molecule has 0 bridgehead atoms. The second kappa shape index (κ2) is 5.64. The van der Waals surface area contributed by atoms with Gasteiger partial charge in [-0.3, -0.25) is 0 Å². The highest BCUT2D eigenvalue weighted by Gasteiger charge is 2.17. The molecular formula is C18H15N3. The second-order valence-electron chi connectivity index (χ2n) is 4.89. The molecule has 0 saturated heterocycles. The fraction of sp³-hybridized carbons (Fsp3) is 0.111. The van der Waals surface area contributed by atoms with Gasteiger partial charge in [0, 0.05) is 11.1 Å². The molecule has 3 aromatic rings. The van der Waals surface area contributed by atoms with Gasteiger partial charge in [0.05, 0.1) is 18.0 Å². The van der Waals surface area contributed by atoms with Gasteiger partial charge in [0.15, 0.2) is 0 Å². The number of rotatable bonds is 3. The fourth-order valence-electron chi connectivity index (χ4n) is 2.42. The molecule has 3 heteroatoms. The Kier molecular flexibility index (Phi) is 3.53. The topological polar surface area (TPSA) is 41.6 Å². The van der Waals surface area contributed by atoms with Crippen molar-refractivity contribution in [3.05, 3.63) is 66.9 Å². The summed E-state index contributed by atoms with van der Waals surface area (Å²) in [5.41, 5.74) is 4.20. The van der Waals surface area contributed by atoms with Gasteiger partial charge in [-0.05, 0) is 12.5 Å². The van der Waals surface area contributed by atoms with E-state index < -0.39 is 0 Å². The first kappa shape index (κ1) is 13.1. The molecule has 21 heavy (non-hydrogen) atoms. The fourth-order valence-corrected chi connectivity index (χ4v) is 2.42. The number of aromatic nitrogens is 2. The van der Waals surface area contributed by atoms with Gasteiger partial charge in [-0.1, -0.05) is 60.7 Å². The zero-order chi connectivity index (χ0) is 14.7. The van der Waals surface area contributed by atoms with Gasteiger partial charge in [-0.2, -0.15) is 10.4 Å². The first-order valence-corrected chi connectivity index (χ1v) is 6.89. The highest BCUT2D eigenvalue weighted by molar-refractivity contribution is 5.80. The van der Waals surface area contributed by atoms with Crippen molar-refractivity contribution in [2.45, 2.75) is 13.0 Å². The van der Waals surface area contributed by atoms with Crippen LogP contribution in [-0.2, 0) is 0 Å². The summed E-state index contributed by atoms with van der Waals surface area (Å²) < 4.78 is 1.79. The molecule has 0 fully saturated rings. The molecule has 0 aliphatic heterocycles. The molecular weight excluding hydrogens is 258 g/mol. The maximum Gasteiger partial charge on any atom is 0.136 e. The third kappa shape index (κ3) is 2.44. The molecule has 102 valence electrons. The van der Waals surface area contributed by atoms with E-state index in [1.54, 1.807) is 4.68 Å². The van der Waals surface area contributed by atoms with Crippen LogP contribution in [0.25, 0.3) is 22.4 Å². The van der Waals surface area contributed by atoms with Crippen LogP contribution in [0, 0.1) is 11.3 Å². The Balaban J connectivity index is 2.23. The van der Waals surface area contributed by atoms with E-state index in [9.17, 15) is 5.26 Å². The number of nitriles is 1. The molecule has 1 aromatic heterocycles. The van der Waals surface area contributed by atoms with Crippen LogP contribution in [-0.4, -0.2) is 9.78 Å². The summed E-state index contributed by atoms with van der Waals surface area (Å²) in [5, 5.41) is 13.7. The Morgan fingerprint density at radius 2 is 1.52 bits per heavy atom. The van der Waals surface area contributed by atoms with Crippen molar-refractivity contribution in [1.82, 2.24) is 9.78 Å². The van der Waals surface area contributed by atoms with Crippen LogP contribution < -0.4 is 0 Å². The van der Waals surface area contributed by atoms with E-state index in [4.69, 9.17) is 0 Å². The lowest BCUT2D eigenvalue weighted by Gasteiger charge is -2.11. The number of benzene rings is 2. The first-order chi connectivity index (χ1) is 10.3. The largest absolute Gasteiger partial charge is 0.247 e. The first-order valence-electron chi connectivity index (χ1n) is 6.89. The lowest BCUT2D eigenvalue weighted by Crippen LogP contribution is -2.06. The molecule has 0 saturated carbocycles. The summed E-state index contributed by atoms with van der Waals surface area (Å²) in [4.78, 5) is 0.